The minimum atomic E-state index is -0.751. The van der Waals surface area contributed by atoms with Crippen LogP contribution in [0, 0.1) is 17.5 Å². The SMILES string of the molecule is O=C(c1ccc(-c2c(=O)ccn3c(-c4ccc(F)cc4F)cccc23)c(F)c1)N1CCCC1. The van der Waals surface area contributed by atoms with Crippen LogP contribution in [0.3, 0.4) is 0 Å². The van der Waals surface area contributed by atoms with E-state index in [1.807, 2.05) is 0 Å². The molecule has 0 spiro atoms. The Kier molecular flexibility index (Phi) is 5.24. The van der Waals surface area contributed by atoms with Gasteiger partial charge in [-0.3, -0.25) is 9.59 Å². The molecule has 1 aliphatic rings. The zero-order valence-corrected chi connectivity index (χ0v) is 17.5. The standard InChI is InChI=1S/C26H19F3N2O2/c27-17-7-9-18(21(29)15-17)22-4-3-5-23-25(24(32)10-13-31(22)23)19-8-6-16(14-20(19)28)26(33)30-11-1-2-12-30/h3-10,13-15H,1-2,11-12H2. The molecule has 4 aromatic rings. The Morgan fingerprint density at radius 2 is 1.55 bits per heavy atom. The number of fused-ring (bicyclic) bond motifs is 1. The lowest BCUT2D eigenvalue weighted by atomic mass is 10.0. The summed E-state index contributed by atoms with van der Waals surface area (Å²) in [5.74, 6) is -2.38. The number of rotatable bonds is 3. The third-order valence-electron chi connectivity index (χ3n) is 5.99. The first-order chi connectivity index (χ1) is 15.9. The van der Waals surface area contributed by atoms with Crippen LogP contribution in [0.15, 0.2) is 71.7 Å². The van der Waals surface area contributed by atoms with Crippen molar-refractivity contribution in [2.24, 2.45) is 0 Å². The summed E-state index contributed by atoms with van der Waals surface area (Å²) < 4.78 is 44.6. The predicted octanol–water partition coefficient (Wildman–Crippen LogP) is 5.29. The van der Waals surface area contributed by atoms with Crippen LogP contribution in [0.25, 0.3) is 27.9 Å². The van der Waals surface area contributed by atoms with Crippen molar-refractivity contribution in [3.8, 4) is 22.4 Å². The molecule has 2 aromatic carbocycles. The smallest absolute Gasteiger partial charge is 0.253 e. The van der Waals surface area contributed by atoms with E-state index in [0.29, 0.717) is 24.3 Å². The second kappa shape index (κ2) is 8.24. The molecule has 1 amide bonds. The van der Waals surface area contributed by atoms with E-state index in [1.54, 1.807) is 27.5 Å². The molecule has 5 rings (SSSR count). The van der Waals surface area contributed by atoms with Crippen LogP contribution in [0.5, 0.6) is 0 Å². The Bertz CT molecular complexity index is 1460. The number of amides is 1. The van der Waals surface area contributed by atoms with E-state index in [-0.39, 0.29) is 28.2 Å². The number of carbonyl (C=O) groups is 1. The van der Waals surface area contributed by atoms with Gasteiger partial charge in [0.05, 0.1) is 16.8 Å². The average molecular weight is 448 g/mol. The van der Waals surface area contributed by atoms with E-state index in [4.69, 9.17) is 0 Å². The summed E-state index contributed by atoms with van der Waals surface area (Å²) in [5, 5.41) is 0. The Balaban J connectivity index is 1.65. The highest BCUT2D eigenvalue weighted by Crippen LogP contribution is 2.30. The van der Waals surface area contributed by atoms with Crippen molar-refractivity contribution in [1.82, 2.24) is 9.30 Å². The van der Waals surface area contributed by atoms with E-state index >= 15 is 4.39 Å². The van der Waals surface area contributed by atoms with Gasteiger partial charge in [0.2, 0.25) is 0 Å². The van der Waals surface area contributed by atoms with Crippen LogP contribution < -0.4 is 5.43 Å². The molecule has 2 aromatic heterocycles. The van der Waals surface area contributed by atoms with E-state index in [9.17, 15) is 18.4 Å². The van der Waals surface area contributed by atoms with E-state index in [1.165, 1.54) is 30.5 Å². The summed E-state index contributed by atoms with van der Waals surface area (Å²) in [5.41, 5.74) is 0.849. The highest BCUT2D eigenvalue weighted by Gasteiger charge is 2.22. The highest BCUT2D eigenvalue weighted by molar-refractivity contribution is 5.95. The molecule has 0 unspecified atom stereocenters. The molecule has 1 saturated heterocycles. The molecular formula is C26H19F3N2O2. The minimum absolute atomic E-state index is 0.0489. The Morgan fingerprint density at radius 1 is 0.818 bits per heavy atom. The van der Waals surface area contributed by atoms with Gasteiger partial charge in [-0.25, -0.2) is 13.2 Å². The van der Waals surface area contributed by atoms with Crippen LogP contribution >= 0.6 is 0 Å². The lowest BCUT2D eigenvalue weighted by molar-refractivity contribution is 0.0792. The second-order valence-corrected chi connectivity index (χ2v) is 8.04. The first-order valence-electron chi connectivity index (χ1n) is 10.6. The molecule has 0 aliphatic carbocycles. The zero-order chi connectivity index (χ0) is 23.1. The van der Waals surface area contributed by atoms with E-state index in [2.05, 4.69) is 0 Å². The van der Waals surface area contributed by atoms with Crippen molar-refractivity contribution < 1.29 is 18.0 Å². The Hall–Kier alpha value is -3.87. The summed E-state index contributed by atoms with van der Waals surface area (Å²) >= 11 is 0. The number of benzene rings is 2. The van der Waals surface area contributed by atoms with Gasteiger partial charge in [-0.2, -0.15) is 0 Å². The monoisotopic (exact) mass is 448 g/mol. The van der Waals surface area contributed by atoms with Gasteiger partial charge >= 0.3 is 0 Å². The molecule has 0 saturated carbocycles. The van der Waals surface area contributed by atoms with Crippen molar-refractivity contribution in [2.45, 2.75) is 12.8 Å². The first kappa shape index (κ1) is 21.0. The molecule has 4 nitrogen and oxygen atoms in total. The number of hydrogen-bond donors (Lipinski definition) is 0. The fraction of sp³-hybridized carbons (Fsp3) is 0.154. The number of aromatic nitrogens is 1. The third-order valence-corrected chi connectivity index (χ3v) is 5.99. The van der Waals surface area contributed by atoms with Gasteiger partial charge in [0.1, 0.15) is 17.5 Å². The third kappa shape index (κ3) is 3.69. The van der Waals surface area contributed by atoms with Gasteiger partial charge in [0.25, 0.3) is 5.91 Å². The number of likely N-dealkylation sites (tertiary alicyclic amines) is 1. The maximum atomic E-state index is 15.2. The molecule has 0 N–H and O–H groups in total. The molecule has 33 heavy (non-hydrogen) atoms. The number of carbonyl (C=O) groups excluding carboxylic acids is 1. The fourth-order valence-electron chi connectivity index (χ4n) is 4.38. The quantitative estimate of drug-likeness (QED) is 0.428. The summed E-state index contributed by atoms with van der Waals surface area (Å²) in [6.07, 6.45) is 3.33. The summed E-state index contributed by atoms with van der Waals surface area (Å²) in [6, 6.07) is 13.5. The van der Waals surface area contributed by atoms with Crippen molar-refractivity contribution in [3.63, 3.8) is 0 Å². The number of nitrogens with zero attached hydrogens (tertiary/aromatic N) is 2. The lowest BCUT2D eigenvalue weighted by Crippen LogP contribution is -2.27. The Morgan fingerprint density at radius 3 is 2.27 bits per heavy atom. The van der Waals surface area contributed by atoms with Crippen molar-refractivity contribution in [1.29, 1.82) is 0 Å². The maximum Gasteiger partial charge on any atom is 0.253 e. The van der Waals surface area contributed by atoms with Crippen molar-refractivity contribution >= 4 is 11.4 Å². The van der Waals surface area contributed by atoms with Gasteiger partial charge in [-0.05, 0) is 49.2 Å². The lowest BCUT2D eigenvalue weighted by Gasteiger charge is -2.16. The summed E-state index contributed by atoms with van der Waals surface area (Å²) in [4.78, 5) is 27.1. The van der Waals surface area contributed by atoms with Crippen molar-refractivity contribution in [2.75, 3.05) is 13.1 Å². The van der Waals surface area contributed by atoms with Gasteiger partial charge in [0, 0.05) is 48.1 Å². The largest absolute Gasteiger partial charge is 0.339 e. The van der Waals surface area contributed by atoms with Gasteiger partial charge in [0.15, 0.2) is 5.43 Å². The van der Waals surface area contributed by atoms with Crippen LogP contribution in [0.2, 0.25) is 0 Å². The van der Waals surface area contributed by atoms with Gasteiger partial charge in [-0.1, -0.05) is 12.1 Å². The van der Waals surface area contributed by atoms with Gasteiger partial charge in [-0.15, -0.1) is 0 Å². The van der Waals surface area contributed by atoms with Crippen LogP contribution in [-0.2, 0) is 0 Å². The number of halogens is 3. The highest BCUT2D eigenvalue weighted by atomic mass is 19.1. The average Bonchev–Trinajstić information content (AvgIpc) is 3.34. The maximum absolute atomic E-state index is 15.2. The Labute approximate surface area is 187 Å². The summed E-state index contributed by atoms with van der Waals surface area (Å²) in [6.45, 7) is 1.30. The fourth-order valence-corrected chi connectivity index (χ4v) is 4.38. The predicted molar refractivity (Wildman–Crippen MR) is 120 cm³/mol. The molecule has 1 aliphatic heterocycles. The zero-order valence-electron chi connectivity index (χ0n) is 17.5. The van der Waals surface area contributed by atoms with Crippen LogP contribution in [0.4, 0.5) is 13.2 Å². The normalized spacial score (nSPS) is 13.6. The minimum Gasteiger partial charge on any atom is -0.339 e. The van der Waals surface area contributed by atoms with E-state index < -0.39 is 22.9 Å². The number of pyridine rings is 2. The molecule has 0 atom stereocenters. The first-order valence-corrected chi connectivity index (χ1v) is 10.6. The van der Waals surface area contributed by atoms with Crippen LogP contribution in [-0.4, -0.2) is 28.3 Å². The molecular weight excluding hydrogens is 429 g/mol. The molecule has 0 bridgehead atoms. The van der Waals surface area contributed by atoms with Gasteiger partial charge < -0.3 is 9.30 Å². The second-order valence-electron chi connectivity index (χ2n) is 8.04. The molecule has 7 heteroatoms. The molecule has 1 fully saturated rings. The summed E-state index contributed by atoms with van der Waals surface area (Å²) in [7, 11) is 0. The topological polar surface area (TPSA) is 41.8 Å². The molecule has 3 heterocycles. The van der Waals surface area contributed by atoms with Crippen molar-refractivity contribution in [3.05, 3.63) is 100 Å². The number of hydrogen-bond acceptors (Lipinski definition) is 2. The molecule has 166 valence electrons. The van der Waals surface area contributed by atoms with E-state index in [0.717, 1.165) is 31.0 Å². The molecule has 0 radical (unpaired) electrons. The van der Waals surface area contributed by atoms with Crippen LogP contribution in [0.1, 0.15) is 23.2 Å².